The summed E-state index contributed by atoms with van der Waals surface area (Å²) in [4.78, 5) is 80.6. The number of piperidine rings is 2. The Hall–Kier alpha value is -5.70. The predicted octanol–water partition coefficient (Wildman–Crippen LogP) is 5.25. The molecule has 1 atom stereocenters. The van der Waals surface area contributed by atoms with Crippen LogP contribution in [0.15, 0.2) is 72.4 Å². The van der Waals surface area contributed by atoms with Gasteiger partial charge in [0.25, 0.3) is 5.91 Å². The van der Waals surface area contributed by atoms with Crippen molar-refractivity contribution in [1.82, 2.24) is 34.9 Å². The number of carbonyl (C=O) groups is 5. The monoisotopic (exact) mass is 971 g/mol. The summed E-state index contributed by atoms with van der Waals surface area (Å²) < 4.78 is 31.4. The highest BCUT2D eigenvalue weighted by atomic mass is 35.5. The Balaban J connectivity index is 0.691. The Labute approximate surface area is 403 Å². The van der Waals surface area contributed by atoms with Gasteiger partial charge in [0.1, 0.15) is 36.4 Å². The van der Waals surface area contributed by atoms with Crippen LogP contribution in [0.25, 0.3) is 10.9 Å². The molecule has 0 radical (unpaired) electrons. The molecule has 0 saturated carbocycles. The lowest BCUT2D eigenvalue weighted by Crippen LogP contribution is -2.54. The molecule has 3 fully saturated rings. The number of hydrogen-bond acceptors (Lipinski definition) is 14. The highest BCUT2D eigenvalue weighted by Gasteiger charge is 2.40. The summed E-state index contributed by atoms with van der Waals surface area (Å²) in [5.41, 5.74) is 3.05. The molecular formula is C48H55ClFN9O8S. The zero-order chi connectivity index (χ0) is 47.6. The quantitative estimate of drug-likeness (QED) is 0.0451. The molecule has 1 unspecified atom stereocenters. The zero-order valence-corrected chi connectivity index (χ0v) is 39.3. The number of ether oxygens (including phenoxy) is 3. The average Bonchev–Trinajstić information content (AvgIpc) is 3.68. The summed E-state index contributed by atoms with van der Waals surface area (Å²) in [6, 6.07) is 13.2. The minimum atomic E-state index is -0.648. The van der Waals surface area contributed by atoms with Crippen molar-refractivity contribution in [3.05, 3.63) is 89.5 Å². The van der Waals surface area contributed by atoms with E-state index in [1.165, 1.54) is 24.5 Å². The first-order chi connectivity index (χ1) is 33.0. The number of piperazine rings is 1. The number of imide groups is 1. The van der Waals surface area contributed by atoms with Gasteiger partial charge in [-0.1, -0.05) is 24.2 Å². The van der Waals surface area contributed by atoms with E-state index in [0.29, 0.717) is 104 Å². The van der Waals surface area contributed by atoms with E-state index in [1.807, 2.05) is 17.0 Å². The van der Waals surface area contributed by atoms with Crippen LogP contribution in [0.2, 0.25) is 5.02 Å². The van der Waals surface area contributed by atoms with E-state index in [4.69, 9.17) is 25.8 Å². The standard InChI is InChI=1S/C48H55ClFN9O8S/c1-2-43(60)54-39-26-34-38(51-30-52-46(34)53-31-7-8-37(50)36(49)25-31)27-41(39)67-20-4-13-56-14-11-32(12-15-56)57-16-18-58(19-17-57)45(62)29-66-22-21-65-23-24-68-42-6-3-5-33-35(42)28-59(48(33)64)40-9-10-44(61)55-47(40)63/h2-3,5-8,25-27,30,32,40H,1,4,9-24,28-29H2,(H,54,60)(H,51,52,53)(H,55,61,63). The Morgan fingerprint density at radius 1 is 0.956 bits per heavy atom. The molecule has 0 spiro atoms. The number of aromatic nitrogens is 2. The van der Waals surface area contributed by atoms with E-state index in [9.17, 15) is 28.4 Å². The average molecular weight is 973 g/mol. The molecule has 1 aromatic heterocycles. The van der Waals surface area contributed by atoms with E-state index in [2.05, 4.69) is 42.3 Å². The van der Waals surface area contributed by atoms with Crippen molar-refractivity contribution in [2.24, 2.45) is 0 Å². The van der Waals surface area contributed by atoms with Crippen molar-refractivity contribution in [1.29, 1.82) is 0 Å². The lowest BCUT2D eigenvalue weighted by molar-refractivity contribution is -0.139. The van der Waals surface area contributed by atoms with Crippen molar-refractivity contribution in [2.75, 3.05) is 95.2 Å². The van der Waals surface area contributed by atoms with Gasteiger partial charge in [0.15, 0.2) is 0 Å². The van der Waals surface area contributed by atoms with Gasteiger partial charge < -0.3 is 39.5 Å². The van der Waals surface area contributed by atoms with Gasteiger partial charge in [-0.2, -0.15) is 0 Å². The van der Waals surface area contributed by atoms with Crippen LogP contribution >= 0.6 is 23.4 Å². The molecule has 68 heavy (non-hydrogen) atoms. The normalized spacial score (nSPS) is 18.1. The fraction of sp³-hybridized carbons (Fsp3) is 0.438. The number of likely N-dealkylation sites (tertiary alicyclic amines) is 1. The van der Waals surface area contributed by atoms with Gasteiger partial charge in [-0.25, -0.2) is 14.4 Å². The highest BCUT2D eigenvalue weighted by Crippen LogP contribution is 2.36. The van der Waals surface area contributed by atoms with Crippen molar-refractivity contribution in [3.63, 3.8) is 0 Å². The summed E-state index contributed by atoms with van der Waals surface area (Å²) in [5.74, 6) is -0.284. The maximum absolute atomic E-state index is 13.8. The van der Waals surface area contributed by atoms with Crippen LogP contribution in [0.1, 0.15) is 48.0 Å². The maximum atomic E-state index is 13.8. The van der Waals surface area contributed by atoms with Gasteiger partial charge >= 0.3 is 0 Å². The Bertz CT molecular complexity index is 2520. The summed E-state index contributed by atoms with van der Waals surface area (Å²) >= 11 is 7.57. The third-order valence-corrected chi connectivity index (χ3v) is 14.0. The largest absolute Gasteiger partial charge is 0.491 e. The van der Waals surface area contributed by atoms with Crippen LogP contribution < -0.4 is 20.7 Å². The molecule has 5 amide bonds. The molecule has 17 nitrogen and oxygen atoms in total. The van der Waals surface area contributed by atoms with Gasteiger partial charge in [0.2, 0.25) is 23.6 Å². The number of halogens is 2. The molecule has 3 aromatic carbocycles. The van der Waals surface area contributed by atoms with Crippen molar-refractivity contribution >= 4 is 81.0 Å². The molecule has 3 saturated heterocycles. The molecule has 0 bridgehead atoms. The lowest BCUT2D eigenvalue weighted by atomic mass is 10.0. The van der Waals surface area contributed by atoms with Gasteiger partial charge in [-0.3, -0.25) is 34.2 Å². The van der Waals surface area contributed by atoms with Crippen LogP contribution in [-0.2, 0) is 35.2 Å². The molecule has 8 rings (SSSR count). The van der Waals surface area contributed by atoms with Crippen molar-refractivity contribution in [2.45, 2.75) is 55.6 Å². The summed E-state index contributed by atoms with van der Waals surface area (Å²) in [5, 5.41) is 8.92. The molecule has 20 heteroatoms. The maximum Gasteiger partial charge on any atom is 0.255 e. The molecule has 4 aromatic rings. The van der Waals surface area contributed by atoms with E-state index in [-0.39, 0.29) is 35.8 Å². The highest BCUT2D eigenvalue weighted by molar-refractivity contribution is 7.99. The van der Waals surface area contributed by atoms with Crippen LogP contribution in [0, 0.1) is 5.82 Å². The summed E-state index contributed by atoms with van der Waals surface area (Å²) in [6.07, 6.45) is 6.02. The summed E-state index contributed by atoms with van der Waals surface area (Å²) in [6.45, 7) is 11.3. The number of nitrogens with one attached hydrogen (secondary N) is 3. The van der Waals surface area contributed by atoms with Crippen LogP contribution in [0.5, 0.6) is 5.75 Å². The zero-order valence-electron chi connectivity index (χ0n) is 37.7. The Kier molecular flexibility index (Phi) is 16.5. The molecule has 3 N–H and O–H groups in total. The second-order valence-corrected chi connectivity index (χ2v) is 18.5. The minimum absolute atomic E-state index is 0.0153. The first-order valence-corrected chi connectivity index (χ1v) is 24.3. The van der Waals surface area contributed by atoms with E-state index < -0.39 is 23.7 Å². The molecule has 5 heterocycles. The number of thioether (sulfide) groups is 1. The number of benzene rings is 3. The fourth-order valence-corrected chi connectivity index (χ4v) is 10.1. The topological polar surface area (TPSA) is 188 Å². The number of fused-ring (bicyclic) bond motifs is 2. The second-order valence-electron chi connectivity index (χ2n) is 16.9. The van der Waals surface area contributed by atoms with Crippen LogP contribution in [-0.4, -0.2) is 156 Å². The number of carbonyl (C=O) groups excluding carboxylic acids is 5. The van der Waals surface area contributed by atoms with Gasteiger partial charge in [0.05, 0.1) is 42.7 Å². The molecular weight excluding hydrogens is 917 g/mol. The third kappa shape index (κ3) is 12.1. The third-order valence-electron chi connectivity index (χ3n) is 12.6. The van der Waals surface area contributed by atoms with Crippen molar-refractivity contribution < 1.29 is 42.6 Å². The van der Waals surface area contributed by atoms with Gasteiger partial charge in [-0.05, 0) is 86.8 Å². The first kappa shape index (κ1) is 48.7. The fourth-order valence-electron chi connectivity index (χ4n) is 8.98. The Morgan fingerprint density at radius 2 is 1.76 bits per heavy atom. The van der Waals surface area contributed by atoms with Gasteiger partial charge in [0, 0.05) is 85.1 Å². The van der Waals surface area contributed by atoms with Crippen molar-refractivity contribution in [3.8, 4) is 5.75 Å². The lowest BCUT2D eigenvalue weighted by Gasteiger charge is -2.42. The Morgan fingerprint density at radius 3 is 2.54 bits per heavy atom. The number of nitrogens with zero attached hydrogens (tertiary/aromatic N) is 6. The SMILES string of the molecule is C=CC(=O)Nc1cc2c(Nc3ccc(F)c(Cl)c3)ncnc2cc1OCCCN1CCC(N2CCN(C(=O)COCCOCCSc3cccc4c3CN(C3CCC(=O)NC3=O)C4=O)CC2)CC1. The number of anilines is 3. The predicted molar refractivity (Wildman–Crippen MR) is 256 cm³/mol. The molecule has 360 valence electrons. The minimum Gasteiger partial charge on any atom is -0.491 e. The van der Waals surface area contributed by atoms with E-state index >= 15 is 0 Å². The first-order valence-electron chi connectivity index (χ1n) is 22.9. The van der Waals surface area contributed by atoms with Crippen LogP contribution in [0.3, 0.4) is 0 Å². The molecule has 4 aliphatic rings. The smallest absolute Gasteiger partial charge is 0.255 e. The number of hydrogen-bond donors (Lipinski definition) is 3. The second kappa shape index (κ2) is 23.1. The number of rotatable bonds is 20. The van der Waals surface area contributed by atoms with E-state index in [0.717, 1.165) is 62.4 Å². The molecule has 4 aliphatic heterocycles. The molecule has 0 aliphatic carbocycles. The van der Waals surface area contributed by atoms with Gasteiger partial charge in [-0.15, -0.1) is 11.8 Å². The summed E-state index contributed by atoms with van der Waals surface area (Å²) in [7, 11) is 0. The number of amides is 5. The van der Waals surface area contributed by atoms with Crippen LogP contribution in [0.4, 0.5) is 21.6 Å². The van der Waals surface area contributed by atoms with E-state index in [1.54, 1.807) is 40.9 Å².